The number of hydrogen-bond donors (Lipinski definition) is 1. The number of benzene rings is 1. The number of rotatable bonds is 1. The van der Waals surface area contributed by atoms with E-state index >= 15 is 0 Å². The van der Waals surface area contributed by atoms with Gasteiger partial charge in [0.15, 0.2) is 0 Å². The quantitative estimate of drug-likeness (QED) is 0.879. The van der Waals surface area contributed by atoms with Crippen molar-refractivity contribution in [2.24, 2.45) is 10.7 Å². The highest BCUT2D eigenvalue weighted by atomic mass is 79.9. The topological polar surface area (TPSA) is 56.2 Å². The average molecular weight is 305 g/mol. The summed E-state index contributed by atoms with van der Waals surface area (Å²) >= 11 is 3.50. The number of amidine groups is 1. The fourth-order valence-electron chi connectivity index (χ4n) is 2.41. The van der Waals surface area contributed by atoms with E-state index in [0.717, 1.165) is 15.7 Å². The molecule has 3 rings (SSSR count). The third-order valence-electron chi connectivity index (χ3n) is 3.28. The summed E-state index contributed by atoms with van der Waals surface area (Å²) in [6, 6.07) is 10.1. The Morgan fingerprint density at radius 3 is 3.00 bits per heavy atom. The van der Waals surface area contributed by atoms with E-state index < -0.39 is 5.54 Å². The third kappa shape index (κ3) is 1.66. The fourth-order valence-corrected chi connectivity index (χ4v) is 2.81. The summed E-state index contributed by atoms with van der Waals surface area (Å²) in [6.45, 7) is 2.63. The molecule has 0 fully saturated rings. The van der Waals surface area contributed by atoms with Gasteiger partial charge in [0.25, 0.3) is 0 Å². The Labute approximate surface area is 114 Å². The minimum Gasteiger partial charge on any atom is -0.386 e. The second-order valence-electron chi connectivity index (χ2n) is 4.56. The second kappa shape index (κ2) is 3.95. The van der Waals surface area contributed by atoms with E-state index in [9.17, 15) is 0 Å². The molecule has 1 aliphatic rings. The monoisotopic (exact) mass is 304 g/mol. The zero-order chi connectivity index (χ0) is 12.8. The molecule has 2 aromatic rings. The number of nitrogens with two attached hydrogens (primary N) is 1. The molecule has 5 heteroatoms. The molecular formula is C13H13BrN4. The number of aromatic nitrogens is 2. The van der Waals surface area contributed by atoms with Gasteiger partial charge in [0, 0.05) is 10.7 Å². The van der Waals surface area contributed by atoms with Gasteiger partial charge in [-0.2, -0.15) is 5.10 Å². The largest absolute Gasteiger partial charge is 0.386 e. The van der Waals surface area contributed by atoms with Crippen molar-refractivity contribution in [3.05, 3.63) is 52.3 Å². The minimum absolute atomic E-state index is 0.470. The molecule has 1 aromatic heterocycles. The van der Waals surface area contributed by atoms with Crippen LogP contribution in [0.25, 0.3) is 0 Å². The molecule has 92 valence electrons. The van der Waals surface area contributed by atoms with E-state index in [1.165, 1.54) is 0 Å². The highest BCUT2D eigenvalue weighted by Crippen LogP contribution is 2.36. The van der Waals surface area contributed by atoms with Crippen LogP contribution < -0.4 is 5.73 Å². The lowest BCUT2D eigenvalue weighted by atomic mass is 9.88. The summed E-state index contributed by atoms with van der Waals surface area (Å²) in [7, 11) is 0. The number of nitrogens with zero attached hydrogens (tertiary/aromatic N) is 3. The molecule has 0 saturated carbocycles. The third-order valence-corrected chi connectivity index (χ3v) is 3.77. The molecule has 2 heterocycles. The fraction of sp³-hybridized carbons (Fsp3) is 0.231. The van der Waals surface area contributed by atoms with Crippen molar-refractivity contribution in [2.45, 2.75) is 19.0 Å². The van der Waals surface area contributed by atoms with Crippen LogP contribution in [0.2, 0.25) is 0 Å². The first-order chi connectivity index (χ1) is 8.59. The molecular weight excluding hydrogens is 292 g/mol. The molecule has 0 amide bonds. The maximum atomic E-state index is 5.94. The number of halogens is 1. The van der Waals surface area contributed by atoms with Crippen molar-refractivity contribution >= 4 is 21.8 Å². The molecule has 4 nitrogen and oxygen atoms in total. The molecule has 1 atom stereocenters. The highest BCUT2D eigenvalue weighted by molar-refractivity contribution is 9.10. The molecule has 0 aliphatic carbocycles. The Morgan fingerprint density at radius 1 is 1.39 bits per heavy atom. The lowest BCUT2D eigenvalue weighted by Crippen LogP contribution is -2.36. The van der Waals surface area contributed by atoms with Crippen LogP contribution in [0.15, 0.2) is 46.0 Å². The van der Waals surface area contributed by atoms with Crippen LogP contribution in [0, 0.1) is 0 Å². The van der Waals surface area contributed by atoms with E-state index in [0.29, 0.717) is 12.4 Å². The average Bonchev–Trinajstić information content (AvgIpc) is 2.77. The van der Waals surface area contributed by atoms with Gasteiger partial charge in [0.1, 0.15) is 11.4 Å². The first-order valence-electron chi connectivity index (χ1n) is 5.72. The molecule has 18 heavy (non-hydrogen) atoms. The minimum atomic E-state index is -0.470. The molecule has 1 aliphatic heterocycles. The molecule has 1 aromatic carbocycles. The van der Waals surface area contributed by atoms with E-state index in [2.05, 4.69) is 45.1 Å². The second-order valence-corrected chi connectivity index (χ2v) is 5.48. The van der Waals surface area contributed by atoms with Crippen molar-refractivity contribution < 1.29 is 0 Å². The van der Waals surface area contributed by atoms with Crippen LogP contribution in [0.3, 0.4) is 0 Å². The van der Waals surface area contributed by atoms with Gasteiger partial charge in [0.2, 0.25) is 0 Å². The predicted octanol–water partition coefficient (Wildman–Crippen LogP) is 2.28. The molecule has 0 spiro atoms. The lowest BCUT2D eigenvalue weighted by molar-refractivity contribution is 0.498. The Morgan fingerprint density at radius 2 is 2.22 bits per heavy atom. The van der Waals surface area contributed by atoms with E-state index in [4.69, 9.17) is 5.73 Å². The maximum Gasteiger partial charge on any atom is 0.126 e. The van der Waals surface area contributed by atoms with Gasteiger partial charge in [-0.1, -0.05) is 28.1 Å². The van der Waals surface area contributed by atoms with Gasteiger partial charge in [-0.3, -0.25) is 9.67 Å². The van der Waals surface area contributed by atoms with Gasteiger partial charge >= 0.3 is 0 Å². The molecule has 0 bridgehead atoms. The molecule has 0 radical (unpaired) electrons. The van der Waals surface area contributed by atoms with Crippen LogP contribution in [0.4, 0.5) is 0 Å². The van der Waals surface area contributed by atoms with Gasteiger partial charge in [0.05, 0.1) is 12.2 Å². The Bertz CT molecular complexity index is 631. The Hall–Kier alpha value is -1.62. The first kappa shape index (κ1) is 11.5. The first-order valence-corrected chi connectivity index (χ1v) is 6.51. The van der Waals surface area contributed by atoms with Gasteiger partial charge < -0.3 is 5.73 Å². The number of fused-ring (bicyclic) bond motifs is 1. The van der Waals surface area contributed by atoms with E-state index in [1.807, 2.05) is 22.9 Å². The van der Waals surface area contributed by atoms with Crippen molar-refractivity contribution in [1.82, 2.24) is 9.78 Å². The summed E-state index contributed by atoms with van der Waals surface area (Å²) < 4.78 is 2.94. The smallest absolute Gasteiger partial charge is 0.126 e. The number of aliphatic imine (C=N–C) groups is 1. The van der Waals surface area contributed by atoms with Crippen LogP contribution in [0.1, 0.15) is 18.2 Å². The number of hydrogen-bond acceptors (Lipinski definition) is 3. The standard InChI is InChI=1S/C13H13BrN4/c1-13(9-3-2-4-10(14)7-9)11-5-6-16-18(11)8-12(15)17-13/h2-7H,8H2,1H3,(H2,15,17)/t13-/m1/s1. The van der Waals surface area contributed by atoms with Crippen molar-refractivity contribution in [3.63, 3.8) is 0 Å². The van der Waals surface area contributed by atoms with Gasteiger partial charge in [-0.15, -0.1) is 0 Å². The summed E-state index contributed by atoms with van der Waals surface area (Å²) in [5, 5.41) is 4.29. The van der Waals surface area contributed by atoms with Crippen LogP contribution >= 0.6 is 15.9 Å². The Balaban J connectivity index is 2.22. The zero-order valence-electron chi connectivity index (χ0n) is 9.97. The summed E-state index contributed by atoms with van der Waals surface area (Å²) in [6.07, 6.45) is 1.79. The van der Waals surface area contributed by atoms with Crippen molar-refractivity contribution in [2.75, 3.05) is 0 Å². The van der Waals surface area contributed by atoms with E-state index in [1.54, 1.807) is 6.20 Å². The summed E-state index contributed by atoms with van der Waals surface area (Å²) in [5.41, 5.74) is 7.63. The van der Waals surface area contributed by atoms with Crippen LogP contribution in [0.5, 0.6) is 0 Å². The van der Waals surface area contributed by atoms with Crippen molar-refractivity contribution in [1.29, 1.82) is 0 Å². The lowest BCUT2D eigenvalue weighted by Gasteiger charge is -2.31. The molecule has 0 unspecified atom stereocenters. The summed E-state index contributed by atoms with van der Waals surface area (Å²) in [4.78, 5) is 4.65. The van der Waals surface area contributed by atoms with E-state index in [-0.39, 0.29) is 0 Å². The predicted molar refractivity (Wildman–Crippen MR) is 74.4 cm³/mol. The van der Waals surface area contributed by atoms with Crippen LogP contribution in [-0.2, 0) is 12.1 Å². The SMILES string of the molecule is C[C@]1(c2cccc(Br)c2)N=C(N)Cn2nccc21. The summed E-state index contributed by atoms with van der Waals surface area (Å²) in [5.74, 6) is 0.605. The Kier molecular flexibility index (Phi) is 2.52. The van der Waals surface area contributed by atoms with Crippen LogP contribution in [-0.4, -0.2) is 15.6 Å². The maximum absolute atomic E-state index is 5.94. The van der Waals surface area contributed by atoms with Gasteiger partial charge in [-0.05, 0) is 30.7 Å². The zero-order valence-corrected chi connectivity index (χ0v) is 11.6. The van der Waals surface area contributed by atoms with Gasteiger partial charge in [-0.25, -0.2) is 0 Å². The highest BCUT2D eigenvalue weighted by Gasteiger charge is 2.35. The molecule has 0 saturated heterocycles. The molecule has 2 N–H and O–H groups in total. The normalized spacial score (nSPS) is 22.4. The van der Waals surface area contributed by atoms with Crippen molar-refractivity contribution in [3.8, 4) is 0 Å².